The lowest BCUT2D eigenvalue weighted by atomic mass is 9.73. The third kappa shape index (κ3) is 1.57. The minimum absolute atomic E-state index is 1.08. The van der Waals surface area contributed by atoms with Gasteiger partial charge in [0, 0.05) is 19.0 Å². The Morgan fingerprint density at radius 1 is 1.27 bits per heavy atom. The Morgan fingerprint density at radius 3 is 2.45 bits per heavy atom. The zero-order valence-corrected chi connectivity index (χ0v) is 8.07. The van der Waals surface area contributed by atoms with Gasteiger partial charge in [0.1, 0.15) is 0 Å². The Kier molecular flexibility index (Phi) is 2.42. The van der Waals surface area contributed by atoms with Crippen LogP contribution in [0.4, 0.5) is 0 Å². The fourth-order valence-electron chi connectivity index (χ4n) is 2.11. The molecule has 1 saturated carbocycles. The molecule has 11 heavy (non-hydrogen) atoms. The van der Waals surface area contributed by atoms with Gasteiger partial charge in [0.15, 0.2) is 0 Å². The van der Waals surface area contributed by atoms with E-state index in [2.05, 4.69) is 11.2 Å². The molecular weight excluding hydrogens is 154 g/mol. The molecule has 1 saturated heterocycles. The summed E-state index contributed by atoms with van der Waals surface area (Å²) in [5, 5.41) is 0. The molecule has 0 aromatic carbocycles. The van der Waals surface area contributed by atoms with Crippen LogP contribution in [0.25, 0.3) is 0 Å². The SMILES string of the molecule is CSCN1CC(C2CCC2)C1. The molecule has 0 radical (unpaired) electrons. The van der Waals surface area contributed by atoms with Gasteiger partial charge in [0.05, 0.1) is 0 Å². The van der Waals surface area contributed by atoms with Crippen LogP contribution >= 0.6 is 11.8 Å². The van der Waals surface area contributed by atoms with Crippen molar-refractivity contribution in [3.05, 3.63) is 0 Å². The summed E-state index contributed by atoms with van der Waals surface area (Å²) in [6.45, 7) is 2.79. The van der Waals surface area contributed by atoms with E-state index in [0.29, 0.717) is 0 Å². The van der Waals surface area contributed by atoms with Gasteiger partial charge in [-0.15, -0.1) is 11.8 Å². The van der Waals surface area contributed by atoms with Gasteiger partial charge in [0.25, 0.3) is 0 Å². The van der Waals surface area contributed by atoms with Crippen LogP contribution in [0.15, 0.2) is 0 Å². The Hall–Kier alpha value is 0.310. The number of nitrogens with zero attached hydrogens (tertiary/aromatic N) is 1. The first-order valence-corrected chi connectivity index (χ1v) is 6.01. The van der Waals surface area contributed by atoms with E-state index < -0.39 is 0 Å². The molecule has 0 spiro atoms. The number of likely N-dealkylation sites (tertiary alicyclic amines) is 1. The minimum Gasteiger partial charge on any atom is -0.293 e. The maximum absolute atomic E-state index is 2.56. The molecule has 2 rings (SSSR count). The van der Waals surface area contributed by atoms with Crippen LogP contribution in [-0.2, 0) is 0 Å². The molecule has 0 aromatic rings. The van der Waals surface area contributed by atoms with Crippen LogP contribution in [0.1, 0.15) is 19.3 Å². The quantitative estimate of drug-likeness (QED) is 0.639. The first-order chi connectivity index (χ1) is 5.40. The number of hydrogen-bond acceptors (Lipinski definition) is 2. The van der Waals surface area contributed by atoms with Crippen LogP contribution in [0, 0.1) is 11.8 Å². The Morgan fingerprint density at radius 2 is 2.00 bits per heavy atom. The van der Waals surface area contributed by atoms with Gasteiger partial charge in [-0.1, -0.05) is 19.3 Å². The summed E-state index contributed by atoms with van der Waals surface area (Å²) < 4.78 is 0. The zero-order chi connectivity index (χ0) is 7.68. The summed E-state index contributed by atoms with van der Waals surface area (Å²) in [4.78, 5) is 2.56. The summed E-state index contributed by atoms with van der Waals surface area (Å²) in [5.74, 6) is 3.45. The summed E-state index contributed by atoms with van der Waals surface area (Å²) in [6.07, 6.45) is 6.75. The van der Waals surface area contributed by atoms with Crippen molar-refractivity contribution in [1.29, 1.82) is 0 Å². The predicted octanol–water partition coefficient (Wildman–Crippen LogP) is 2.04. The van der Waals surface area contributed by atoms with Gasteiger partial charge in [-0.05, 0) is 18.1 Å². The van der Waals surface area contributed by atoms with Gasteiger partial charge < -0.3 is 0 Å². The van der Waals surface area contributed by atoms with E-state index in [1.165, 1.54) is 38.2 Å². The Bertz CT molecular complexity index is 128. The van der Waals surface area contributed by atoms with Crippen molar-refractivity contribution in [1.82, 2.24) is 4.90 Å². The zero-order valence-electron chi connectivity index (χ0n) is 7.25. The smallest absolute Gasteiger partial charge is 0.0441 e. The summed E-state index contributed by atoms with van der Waals surface area (Å²) >= 11 is 1.95. The maximum atomic E-state index is 2.56. The number of rotatable bonds is 3. The summed E-state index contributed by atoms with van der Waals surface area (Å²) in [7, 11) is 0. The standard InChI is InChI=1S/C9H17NS/c1-11-7-10-5-9(6-10)8-3-2-4-8/h8-9H,2-7H2,1H3. The molecule has 0 unspecified atom stereocenters. The van der Waals surface area contributed by atoms with Crippen LogP contribution < -0.4 is 0 Å². The van der Waals surface area contributed by atoms with Crippen molar-refractivity contribution in [2.24, 2.45) is 11.8 Å². The first-order valence-electron chi connectivity index (χ1n) is 4.61. The fourth-order valence-corrected chi connectivity index (χ4v) is 2.68. The van der Waals surface area contributed by atoms with Gasteiger partial charge in [-0.3, -0.25) is 4.90 Å². The van der Waals surface area contributed by atoms with Gasteiger partial charge >= 0.3 is 0 Å². The second-order valence-corrected chi connectivity index (χ2v) is 4.74. The summed E-state index contributed by atoms with van der Waals surface area (Å²) in [6, 6.07) is 0. The molecule has 1 heterocycles. The third-order valence-electron chi connectivity index (χ3n) is 3.11. The van der Waals surface area contributed by atoms with Crippen molar-refractivity contribution in [3.63, 3.8) is 0 Å². The van der Waals surface area contributed by atoms with Crippen LogP contribution in [0.3, 0.4) is 0 Å². The minimum atomic E-state index is 1.08. The van der Waals surface area contributed by atoms with E-state index in [9.17, 15) is 0 Å². The van der Waals surface area contributed by atoms with Crippen molar-refractivity contribution in [2.75, 3.05) is 25.2 Å². The van der Waals surface area contributed by atoms with E-state index >= 15 is 0 Å². The molecular formula is C9H17NS. The van der Waals surface area contributed by atoms with Crippen molar-refractivity contribution < 1.29 is 0 Å². The topological polar surface area (TPSA) is 3.24 Å². The average Bonchev–Trinajstić information content (AvgIpc) is 1.79. The maximum Gasteiger partial charge on any atom is 0.0441 e. The van der Waals surface area contributed by atoms with Crippen LogP contribution in [-0.4, -0.2) is 30.1 Å². The van der Waals surface area contributed by atoms with Gasteiger partial charge in [-0.25, -0.2) is 0 Å². The molecule has 1 aliphatic carbocycles. The molecule has 0 bridgehead atoms. The third-order valence-corrected chi connectivity index (χ3v) is 3.74. The highest BCUT2D eigenvalue weighted by atomic mass is 32.2. The molecule has 2 heteroatoms. The lowest BCUT2D eigenvalue weighted by Crippen LogP contribution is -2.50. The van der Waals surface area contributed by atoms with Crippen LogP contribution in [0.5, 0.6) is 0 Å². The first kappa shape index (κ1) is 7.93. The molecule has 0 atom stereocenters. The summed E-state index contributed by atoms with van der Waals surface area (Å²) in [5.41, 5.74) is 0. The molecule has 0 aromatic heterocycles. The van der Waals surface area contributed by atoms with E-state index in [1.54, 1.807) is 0 Å². The highest BCUT2D eigenvalue weighted by molar-refractivity contribution is 7.98. The highest BCUT2D eigenvalue weighted by Crippen LogP contribution is 2.38. The molecule has 0 N–H and O–H groups in total. The van der Waals surface area contributed by atoms with Crippen molar-refractivity contribution in [2.45, 2.75) is 19.3 Å². The van der Waals surface area contributed by atoms with E-state index in [0.717, 1.165) is 11.8 Å². The monoisotopic (exact) mass is 171 g/mol. The van der Waals surface area contributed by atoms with E-state index in [1.807, 2.05) is 11.8 Å². The normalized spacial score (nSPS) is 28.1. The molecule has 1 aliphatic heterocycles. The van der Waals surface area contributed by atoms with Crippen LogP contribution in [0.2, 0.25) is 0 Å². The Balaban J connectivity index is 1.63. The van der Waals surface area contributed by atoms with Gasteiger partial charge in [0.2, 0.25) is 0 Å². The van der Waals surface area contributed by atoms with E-state index in [-0.39, 0.29) is 0 Å². The fraction of sp³-hybridized carbons (Fsp3) is 1.00. The second-order valence-electron chi connectivity index (χ2n) is 3.90. The largest absolute Gasteiger partial charge is 0.293 e. The molecule has 2 aliphatic rings. The lowest BCUT2D eigenvalue weighted by Gasteiger charge is -2.46. The average molecular weight is 171 g/mol. The van der Waals surface area contributed by atoms with Crippen molar-refractivity contribution >= 4 is 11.8 Å². The molecule has 1 nitrogen and oxygen atoms in total. The van der Waals surface area contributed by atoms with Crippen molar-refractivity contribution in [3.8, 4) is 0 Å². The highest BCUT2D eigenvalue weighted by Gasteiger charge is 2.35. The Labute approximate surface area is 73.5 Å². The number of thioether (sulfide) groups is 1. The number of hydrogen-bond donors (Lipinski definition) is 0. The predicted molar refractivity (Wildman–Crippen MR) is 50.8 cm³/mol. The van der Waals surface area contributed by atoms with Gasteiger partial charge in [-0.2, -0.15) is 0 Å². The molecule has 64 valence electrons. The second kappa shape index (κ2) is 3.36. The lowest BCUT2D eigenvalue weighted by molar-refractivity contribution is 0.0418. The van der Waals surface area contributed by atoms with E-state index in [4.69, 9.17) is 0 Å². The molecule has 0 amide bonds. The molecule has 2 fully saturated rings.